The molecule has 0 heterocycles. The number of nitrogens with two attached hydrogens (primary N) is 1. The van der Waals surface area contributed by atoms with E-state index in [2.05, 4.69) is 0 Å². The molecule has 0 aromatic carbocycles. The van der Waals surface area contributed by atoms with Crippen LogP contribution in [0.5, 0.6) is 0 Å². The van der Waals surface area contributed by atoms with Crippen LogP contribution in [0, 0.1) is 0 Å². The second-order valence-corrected chi connectivity index (χ2v) is 2.48. The molecule has 0 saturated carbocycles. The molecule has 0 aromatic rings. The molecular weight excluding hydrogens is 150 g/mol. The van der Waals surface area contributed by atoms with Crippen LogP contribution in [0.15, 0.2) is 12.2 Å². The van der Waals surface area contributed by atoms with E-state index in [1.807, 2.05) is 0 Å². The van der Waals surface area contributed by atoms with Crippen LogP contribution < -0.4 is 5.73 Å². The van der Waals surface area contributed by atoms with Crippen LogP contribution in [0.4, 0.5) is 0 Å². The van der Waals surface area contributed by atoms with Gasteiger partial charge in [0.1, 0.15) is 12.2 Å². The van der Waals surface area contributed by atoms with Crippen molar-refractivity contribution >= 4 is 5.91 Å². The van der Waals surface area contributed by atoms with Crippen LogP contribution in [0.25, 0.3) is 0 Å². The minimum Gasteiger partial charge on any atom is -0.386 e. The fourth-order valence-electron chi connectivity index (χ4n) is 0.937. The first-order valence-corrected chi connectivity index (χ1v) is 3.06. The van der Waals surface area contributed by atoms with Crippen molar-refractivity contribution in [3.05, 3.63) is 12.2 Å². The monoisotopic (exact) mass is 159 g/mol. The maximum Gasteiger partial charge on any atom is 0.256 e. The fraction of sp³-hybridized carbons (Fsp3) is 0.500. The van der Waals surface area contributed by atoms with Gasteiger partial charge in [0, 0.05) is 0 Å². The van der Waals surface area contributed by atoms with E-state index < -0.39 is 23.7 Å². The average Bonchev–Trinajstić information content (AvgIpc) is 2.18. The predicted octanol–water partition coefficient (Wildman–Crippen LogP) is -2.51. The minimum absolute atomic E-state index is 0.991. The second kappa shape index (κ2) is 2.30. The van der Waals surface area contributed by atoms with Gasteiger partial charge in [-0.1, -0.05) is 6.08 Å². The Labute approximate surface area is 62.8 Å². The van der Waals surface area contributed by atoms with Crippen molar-refractivity contribution in [1.29, 1.82) is 0 Å². The third kappa shape index (κ3) is 1.03. The Morgan fingerprint density at radius 2 is 2.09 bits per heavy atom. The standard InChI is InChI=1S/C6H9NO4/c7-5(10)6(11)2-1-3(8)4(6)9/h1-4,8-9,11H,(H2,7,10). The lowest BCUT2D eigenvalue weighted by atomic mass is 9.99. The number of primary amides is 1. The molecule has 1 rings (SSSR count). The van der Waals surface area contributed by atoms with E-state index in [1.165, 1.54) is 0 Å². The van der Waals surface area contributed by atoms with E-state index in [4.69, 9.17) is 15.9 Å². The molecule has 11 heavy (non-hydrogen) atoms. The van der Waals surface area contributed by atoms with Crippen LogP contribution >= 0.6 is 0 Å². The maximum absolute atomic E-state index is 10.5. The van der Waals surface area contributed by atoms with Gasteiger partial charge in [-0.05, 0) is 6.08 Å². The van der Waals surface area contributed by atoms with Crippen molar-refractivity contribution in [2.75, 3.05) is 0 Å². The number of carbonyl (C=O) groups is 1. The van der Waals surface area contributed by atoms with Crippen molar-refractivity contribution in [2.45, 2.75) is 17.8 Å². The van der Waals surface area contributed by atoms with Crippen LogP contribution in [0.2, 0.25) is 0 Å². The third-order valence-corrected chi connectivity index (χ3v) is 1.72. The van der Waals surface area contributed by atoms with Gasteiger partial charge in [-0.25, -0.2) is 0 Å². The highest BCUT2D eigenvalue weighted by Crippen LogP contribution is 2.22. The van der Waals surface area contributed by atoms with Crippen LogP contribution in [-0.4, -0.2) is 39.0 Å². The first-order chi connectivity index (χ1) is 4.98. The smallest absolute Gasteiger partial charge is 0.256 e. The normalized spacial score (nSPS) is 42.8. The van der Waals surface area contributed by atoms with E-state index in [-0.39, 0.29) is 0 Å². The zero-order chi connectivity index (χ0) is 8.65. The van der Waals surface area contributed by atoms with E-state index in [0.717, 1.165) is 12.2 Å². The van der Waals surface area contributed by atoms with E-state index in [9.17, 15) is 9.90 Å². The zero-order valence-electron chi connectivity index (χ0n) is 5.64. The van der Waals surface area contributed by atoms with Crippen molar-refractivity contribution in [2.24, 2.45) is 5.73 Å². The molecule has 0 bridgehead atoms. The number of carbonyl (C=O) groups excluding carboxylic acids is 1. The van der Waals surface area contributed by atoms with Crippen molar-refractivity contribution in [3.63, 3.8) is 0 Å². The molecule has 0 spiro atoms. The Morgan fingerprint density at radius 3 is 2.27 bits per heavy atom. The molecule has 0 saturated heterocycles. The highest BCUT2D eigenvalue weighted by Gasteiger charge is 2.46. The summed E-state index contributed by atoms with van der Waals surface area (Å²) in [5.41, 5.74) is 2.66. The Bertz CT molecular complexity index is 215. The van der Waals surface area contributed by atoms with Gasteiger partial charge in [0.05, 0.1) is 0 Å². The fourth-order valence-corrected chi connectivity index (χ4v) is 0.937. The Hall–Kier alpha value is -0.910. The number of amides is 1. The molecule has 5 N–H and O–H groups in total. The van der Waals surface area contributed by atoms with E-state index >= 15 is 0 Å². The Morgan fingerprint density at radius 1 is 1.55 bits per heavy atom. The maximum atomic E-state index is 10.5. The van der Waals surface area contributed by atoms with E-state index in [1.54, 1.807) is 0 Å². The Kier molecular flexibility index (Phi) is 1.71. The first-order valence-electron chi connectivity index (χ1n) is 3.06. The third-order valence-electron chi connectivity index (χ3n) is 1.72. The molecule has 1 aliphatic rings. The minimum atomic E-state index is -2.11. The summed E-state index contributed by atoms with van der Waals surface area (Å²) < 4.78 is 0. The molecule has 3 atom stereocenters. The van der Waals surface area contributed by atoms with E-state index in [0.29, 0.717) is 0 Å². The van der Waals surface area contributed by atoms with Gasteiger partial charge in [-0.15, -0.1) is 0 Å². The van der Waals surface area contributed by atoms with Gasteiger partial charge in [0.25, 0.3) is 5.91 Å². The molecule has 0 aliphatic heterocycles. The number of rotatable bonds is 1. The lowest BCUT2D eigenvalue weighted by molar-refractivity contribution is -0.144. The quantitative estimate of drug-likeness (QED) is 0.317. The molecule has 62 valence electrons. The largest absolute Gasteiger partial charge is 0.386 e. The highest BCUT2D eigenvalue weighted by atomic mass is 16.4. The van der Waals surface area contributed by atoms with Crippen molar-refractivity contribution < 1.29 is 20.1 Å². The van der Waals surface area contributed by atoms with Crippen LogP contribution in [0.3, 0.4) is 0 Å². The summed E-state index contributed by atoms with van der Waals surface area (Å²) in [7, 11) is 0. The second-order valence-electron chi connectivity index (χ2n) is 2.48. The highest BCUT2D eigenvalue weighted by molar-refractivity contribution is 5.87. The lowest BCUT2D eigenvalue weighted by Crippen LogP contribution is -2.52. The van der Waals surface area contributed by atoms with Crippen molar-refractivity contribution in [3.8, 4) is 0 Å². The van der Waals surface area contributed by atoms with Crippen LogP contribution in [-0.2, 0) is 4.79 Å². The van der Waals surface area contributed by atoms with Gasteiger partial charge >= 0.3 is 0 Å². The van der Waals surface area contributed by atoms with Crippen molar-refractivity contribution in [1.82, 2.24) is 0 Å². The van der Waals surface area contributed by atoms with Gasteiger partial charge in [-0.2, -0.15) is 0 Å². The molecule has 1 aliphatic carbocycles. The summed E-state index contributed by atoms with van der Waals surface area (Å²) in [6.45, 7) is 0. The molecular formula is C6H9NO4. The first kappa shape index (κ1) is 8.19. The summed E-state index contributed by atoms with van der Waals surface area (Å²) >= 11 is 0. The summed E-state index contributed by atoms with van der Waals surface area (Å²) in [6.07, 6.45) is -0.674. The SMILES string of the molecule is NC(=O)C1(O)C=CC(O)C1O. The topological polar surface area (TPSA) is 104 Å². The number of aliphatic hydroxyl groups excluding tert-OH is 2. The molecule has 5 nitrogen and oxygen atoms in total. The Balaban J connectivity index is 2.90. The van der Waals surface area contributed by atoms with Gasteiger partial charge in [-0.3, -0.25) is 4.79 Å². The van der Waals surface area contributed by atoms with Gasteiger partial charge in [0.2, 0.25) is 0 Å². The zero-order valence-corrected chi connectivity index (χ0v) is 5.64. The molecule has 1 amide bonds. The number of hydrogen-bond donors (Lipinski definition) is 4. The van der Waals surface area contributed by atoms with Gasteiger partial charge in [0.15, 0.2) is 5.60 Å². The van der Waals surface area contributed by atoms with Crippen LogP contribution in [0.1, 0.15) is 0 Å². The number of hydrogen-bond acceptors (Lipinski definition) is 4. The molecule has 0 radical (unpaired) electrons. The van der Waals surface area contributed by atoms with Gasteiger partial charge < -0.3 is 21.1 Å². The average molecular weight is 159 g/mol. The summed E-state index contributed by atoms with van der Waals surface area (Å²) in [4.78, 5) is 10.5. The molecule has 0 aromatic heterocycles. The summed E-state index contributed by atoms with van der Waals surface area (Å²) in [5.74, 6) is -1.07. The number of aliphatic hydroxyl groups is 3. The molecule has 3 unspecified atom stereocenters. The molecule has 5 heteroatoms. The lowest BCUT2D eigenvalue weighted by Gasteiger charge is -2.22. The predicted molar refractivity (Wildman–Crippen MR) is 35.3 cm³/mol. The molecule has 0 fully saturated rings. The summed E-state index contributed by atoms with van der Waals surface area (Å²) in [5, 5.41) is 27.1. The summed E-state index contributed by atoms with van der Waals surface area (Å²) in [6, 6.07) is 0.